The Labute approximate surface area is 227 Å². The van der Waals surface area contributed by atoms with Gasteiger partial charge in [-0.05, 0) is 58.0 Å². The van der Waals surface area contributed by atoms with Crippen molar-refractivity contribution in [2.24, 2.45) is 0 Å². The van der Waals surface area contributed by atoms with Gasteiger partial charge in [0.15, 0.2) is 0 Å². The van der Waals surface area contributed by atoms with Crippen molar-refractivity contribution < 1.29 is 24.8 Å². The topological polar surface area (TPSA) is 110 Å². The maximum absolute atomic E-state index is 10.3. The lowest BCUT2D eigenvalue weighted by atomic mass is 9.78. The zero-order valence-electron chi connectivity index (χ0n) is 19.4. The Balaban J connectivity index is 1.61. The van der Waals surface area contributed by atoms with Crippen LogP contribution in [0.25, 0.3) is 0 Å². The highest BCUT2D eigenvalue weighted by atomic mass is 123. The van der Waals surface area contributed by atoms with Gasteiger partial charge in [0, 0.05) is 5.41 Å². The van der Waals surface area contributed by atoms with Crippen LogP contribution in [0.15, 0.2) is 42.5 Å². The number of rotatable bonds is 12. The number of benzene rings is 2. The number of aliphatic hydroxyl groups is 3. The minimum absolute atomic E-state index is 0.0690. The first-order chi connectivity index (χ1) is 16.6. The molecule has 0 saturated heterocycles. The van der Waals surface area contributed by atoms with Crippen molar-refractivity contribution in [3.8, 4) is 11.5 Å². The lowest BCUT2D eigenvalue weighted by molar-refractivity contribution is 0.0866. The zero-order valence-corrected chi connectivity index (χ0v) is 23.0. The number of halogens is 3. The third kappa shape index (κ3) is 7.21. The summed E-state index contributed by atoms with van der Waals surface area (Å²) >= 11 is 14.0. The van der Waals surface area contributed by atoms with Crippen molar-refractivity contribution in [2.75, 3.05) is 19.1 Å². The van der Waals surface area contributed by atoms with E-state index >= 15 is 0 Å². The smallest absolute Gasteiger partial charge is 0.149 e. The molecule has 0 aliphatic heterocycles. The average molecular weight is 632 g/mol. The summed E-state index contributed by atoms with van der Waals surface area (Å²) in [5, 5.41) is 37.6. The fourth-order valence-corrected chi connectivity index (χ4v) is 4.29. The molecular formula is C24H28Cl2IN3O5. The number of hydrogen-bond donors (Lipinski definition) is 3. The summed E-state index contributed by atoms with van der Waals surface area (Å²) in [6, 6.07) is 13.2. The van der Waals surface area contributed by atoms with Crippen molar-refractivity contribution in [1.29, 1.82) is 0 Å². The van der Waals surface area contributed by atoms with E-state index < -0.39 is 12.2 Å². The van der Waals surface area contributed by atoms with Crippen LogP contribution in [-0.2, 0) is 18.6 Å². The summed E-state index contributed by atoms with van der Waals surface area (Å²) < 4.78 is 13.4. The summed E-state index contributed by atoms with van der Waals surface area (Å²) in [4.78, 5) is 0. The van der Waals surface area contributed by atoms with E-state index in [4.69, 9.17) is 32.7 Å². The predicted molar refractivity (Wildman–Crippen MR) is 142 cm³/mol. The Bertz CT molecular complexity index is 1110. The van der Waals surface area contributed by atoms with Crippen molar-refractivity contribution in [2.45, 2.75) is 44.6 Å². The molecule has 190 valence electrons. The Morgan fingerprint density at radius 2 is 1.69 bits per heavy atom. The molecule has 0 amide bonds. The van der Waals surface area contributed by atoms with Crippen molar-refractivity contribution in [1.82, 2.24) is 15.0 Å². The minimum atomic E-state index is -0.817. The second kappa shape index (κ2) is 12.6. The van der Waals surface area contributed by atoms with E-state index in [1.165, 1.54) is 4.68 Å². The van der Waals surface area contributed by atoms with Gasteiger partial charge in [-0.15, -0.1) is 16.7 Å². The van der Waals surface area contributed by atoms with Crippen LogP contribution in [0.4, 0.5) is 0 Å². The molecule has 2 atom stereocenters. The molecular weight excluding hydrogens is 604 g/mol. The van der Waals surface area contributed by atoms with E-state index in [2.05, 4.69) is 24.2 Å². The third-order valence-corrected chi connectivity index (χ3v) is 7.09. The summed E-state index contributed by atoms with van der Waals surface area (Å²) in [6.45, 7) is 4.29. The molecule has 0 aliphatic rings. The van der Waals surface area contributed by atoms with E-state index in [9.17, 15) is 15.3 Å². The van der Waals surface area contributed by atoms with Gasteiger partial charge in [-0.25, -0.2) is 4.68 Å². The van der Waals surface area contributed by atoms with Crippen LogP contribution < -0.4 is 9.47 Å². The van der Waals surface area contributed by atoms with Gasteiger partial charge in [0.2, 0.25) is 0 Å². The molecule has 35 heavy (non-hydrogen) atoms. The molecule has 0 bridgehead atoms. The predicted octanol–water partition coefficient (Wildman–Crippen LogP) is 3.77. The van der Waals surface area contributed by atoms with E-state index in [0.29, 0.717) is 25.9 Å². The Morgan fingerprint density at radius 3 is 2.31 bits per heavy atom. The molecule has 1 heterocycles. The van der Waals surface area contributed by atoms with Crippen LogP contribution in [0.1, 0.15) is 30.7 Å². The van der Waals surface area contributed by atoms with Gasteiger partial charge in [0.25, 0.3) is 0 Å². The molecule has 3 aromatic rings. The quantitative estimate of drug-likeness (QED) is 0.206. The molecule has 2 aromatic carbocycles. The Hall–Kier alpha value is -1.63. The van der Waals surface area contributed by atoms with Crippen LogP contribution in [0.2, 0.25) is 5.02 Å². The number of alkyl halides is 1. The lowest BCUT2D eigenvalue weighted by Crippen LogP contribution is -2.25. The molecule has 1 aromatic heterocycles. The maximum atomic E-state index is 10.3. The minimum Gasteiger partial charge on any atom is -0.491 e. The van der Waals surface area contributed by atoms with E-state index in [-0.39, 0.29) is 37.7 Å². The number of ether oxygens (including phenoxy) is 2. The number of hydrogen-bond acceptors (Lipinski definition) is 7. The maximum Gasteiger partial charge on any atom is 0.149 e. The Kier molecular flexibility index (Phi) is 10.0. The van der Waals surface area contributed by atoms with Gasteiger partial charge >= 0.3 is 0 Å². The first-order valence-corrected chi connectivity index (χ1v) is 12.9. The molecule has 0 aliphatic carbocycles. The van der Waals surface area contributed by atoms with Gasteiger partial charge in [-0.1, -0.05) is 48.9 Å². The highest BCUT2D eigenvalue weighted by Gasteiger charge is 2.24. The molecule has 11 heteroatoms. The molecule has 8 nitrogen and oxygen atoms in total. The fourth-order valence-electron chi connectivity index (χ4n) is 3.42. The molecule has 0 saturated carbocycles. The molecule has 0 fully saturated rings. The van der Waals surface area contributed by atoms with Gasteiger partial charge in [0.1, 0.15) is 40.6 Å². The summed E-state index contributed by atoms with van der Waals surface area (Å²) in [6.07, 6.45) is -1.57. The summed E-state index contributed by atoms with van der Waals surface area (Å²) in [7, 11) is 0. The highest BCUT2D eigenvalue weighted by molar-refractivity contribution is 14.1. The standard InChI is InChI=1S/C24H28Cl2IN3O5/c1-24(2,16-5-8-22(20(26)9-16)35-13-17(32)10-25)15-3-6-19(7-4-15)34-14-18(33)11-30-21(12-31)23(27)28-29-30/h3-9,17-18,31-33H,10-14H2,1-2H3/t17-,18-/m0/s1/i27-4. The SMILES string of the molecule is CC(C)(c1ccc(OC[C@@H](O)Cn2nnc([123I])c2CO)cc1)c1ccc(OC[C@@H](O)CCl)c(Cl)c1. The highest BCUT2D eigenvalue weighted by Crippen LogP contribution is 2.36. The number of aliphatic hydroxyl groups excluding tert-OH is 3. The second-order valence-corrected chi connectivity index (χ2v) is 10.3. The van der Waals surface area contributed by atoms with Crippen LogP contribution in [-0.4, -0.2) is 61.6 Å². The molecule has 0 unspecified atom stereocenters. The Morgan fingerprint density at radius 1 is 1.03 bits per heavy atom. The van der Waals surface area contributed by atoms with Gasteiger partial charge in [0.05, 0.1) is 29.7 Å². The summed E-state index contributed by atoms with van der Waals surface area (Å²) in [5.41, 5.74) is 2.26. The average Bonchev–Trinajstić information content (AvgIpc) is 3.20. The van der Waals surface area contributed by atoms with Crippen LogP contribution in [0.5, 0.6) is 11.5 Å². The molecule has 3 N–H and O–H groups in total. The third-order valence-electron chi connectivity index (χ3n) is 5.60. The van der Waals surface area contributed by atoms with E-state index in [1.807, 2.05) is 59.0 Å². The van der Waals surface area contributed by atoms with E-state index in [1.54, 1.807) is 6.07 Å². The normalized spacial score (nSPS) is 13.5. The molecule has 3 rings (SSSR count). The summed E-state index contributed by atoms with van der Waals surface area (Å²) in [5.74, 6) is 1.20. The number of aromatic nitrogens is 3. The number of nitrogens with zero attached hydrogens (tertiary/aromatic N) is 3. The van der Waals surface area contributed by atoms with Gasteiger partial charge in [-0.2, -0.15) is 0 Å². The van der Waals surface area contributed by atoms with Crippen LogP contribution in [0, 0.1) is 3.70 Å². The zero-order chi connectivity index (χ0) is 25.6. The fraction of sp³-hybridized carbons (Fsp3) is 0.417. The first kappa shape index (κ1) is 27.9. The van der Waals surface area contributed by atoms with E-state index in [0.717, 1.165) is 11.1 Å². The van der Waals surface area contributed by atoms with Crippen molar-refractivity contribution in [3.05, 3.63) is 68.0 Å². The van der Waals surface area contributed by atoms with Gasteiger partial charge < -0.3 is 24.8 Å². The first-order valence-electron chi connectivity index (χ1n) is 10.9. The monoisotopic (exact) mass is 631 g/mol. The van der Waals surface area contributed by atoms with Crippen LogP contribution in [0.3, 0.4) is 0 Å². The molecule has 0 radical (unpaired) electrons. The second-order valence-electron chi connectivity index (χ2n) is 8.55. The lowest BCUT2D eigenvalue weighted by Gasteiger charge is -2.27. The van der Waals surface area contributed by atoms with Crippen LogP contribution >= 0.6 is 45.8 Å². The van der Waals surface area contributed by atoms with Gasteiger partial charge in [-0.3, -0.25) is 0 Å². The largest absolute Gasteiger partial charge is 0.491 e. The molecule has 0 spiro atoms. The van der Waals surface area contributed by atoms with Crippen molar-refractivity contribution in [3.63, 3.8) is 0 Å². The van der Waals surface area contributed by atoms with Crippen molar-refractivity contribution >= 4 is 45.8 Å².